The summed E-state index contributed by atoms with van der Waals surface area (Å²) in [4.78, 5) is 26.5. The van der Waals surface area contributed by atoms with Gasteiger partial charge in [-0.3, -0.25) is 9.59 Å². The molecule has 0 unspecified atom stereocenters. The van der Waals surface area contributed by atoms with Gasteiger partial charge in [0.1, 0.15) is 5.82 Å². The van der Waals surface area contributed by atoms with E-state index in [1.165, 1.54) is 24.0 Å². The Kier molecular flexibility index (Phi) is 5.03. The molecule has 1 fully saturated rings. The summed E-state index contributed by atoms with van der Waals surface area (Å²) in [7, 11) is 0. The van der Waals surface area contributed by atoms with Crippen molar-refractivity contribution in [3.05, 3.63) is 46.5 Å². The van der Waals surface area contributed by atoms with Crippen LogP contribution in [0.25, 0.3) is 5.69 Å². The van der Waals surface area contributed by atoms with Gasteiger partial charge in [0.15, 0.2) is 5.69 Å². The summed E-state index contributed by atoms with van der Waals surface area (Å²) in [6.45, 7) is 2.18. The van der Waals surface area contributed by atoms with E-state index in [2.05, 4.69) is 5.10 Å². The predicted octanol–water partition coefficient (Wildman–Crippen LogP) is 3.06. The van der Waals surface area contributed by atoms with Crippen LogP contribution in [0.15, 0.2) is 18.2 Å². The molecule has 0 bridgehead atoms. The molecule has 0 radical (unpaired) electrons. The van der Waals surface area contributed by atoms with Crippen LogP contribution in [-0.2, 0) is 35.3 Å². The van der Waals surface area contributed by atoms with E-state index in [0.29, 0.717) is 13.0 Å². The minimum absolute atomic E-state index is 0.0284. The van der Waals surface area contributed by atoms with E-state index in [4.69, 9.17) is 0 Å². The lowest BCUT2D eigenvalue weighted by atomic mass is 10.0. The molecule has 4 rings (SSSR count). The fraction of sp³-hybridized carbons (Fsp3) is 0.450. The Morgan fingerprint density at radius 3 is 2.57 bits per heavy atom. The number of halogens is 4. The monoisotopic (exact) mass is 424 g/mol. The summed E-state index contributed by atoms with van der Waals surface area (Å²) in [6.07, 6.45) is -3.46. The van der Waals surface area contributed by atoms with Crippen molar-refractivity contribution in [1.29, 1.82) is 0 Å². The number of alkyl halides is 3. The van der Waals surface area contributed by atoms with E-state index in [-0.39, 0.29) is 60.4 Å². The van der Waals surface area contributed by atoms with Crippen LogP contribution in [-0.4, -0.2) is 44.5 Å². The molecule has 0 saturated carbocycles. The van der Waals surface area contributed by atoms with Crippen LogP contribution in [0.5, 0.6) is 0 Å². The zero-order chi connectivity index (χ0) is 21.6. The van der Waals surface area contributed by atoms with E-state index >= 15 is 0 Å². The van der Waals surface area contributed by atoms with Crippen molar-refractivity contribution in [3.63, 3.8) is 0 Å². The van der Waals surface area contributed by atoms with Gasteiger partial charge in [-0.25, -0.2) is 9.07 Å². The van der Waals surface area contributed by atoms with Crippen LogP contribution in [0, 0.1) is 5.82 Å². The third kappa shape index (κ3) is 3.66. The molecule has 0 spiro atoms. The topological polar surface area (TPSA) is 58.4 Å². The van der Waals surface area contributed by atoms with Crippen molar-refractivity contribution in [1.82, 2.24) is 19.6 Å². The number of amides is 2. The SMILES string of the molecule is CC(=O)N1CCc2c(C(F)(F)F)nn(-c3ccc(CN4CCCC4=O)c(F)c3)c2C1. The van der Waals surface area contributed by atoms with Crippen LogP contribution in [0.1, 0.15) is 42.3 Å². The highest BCUT2D eigenvalue weighted by atomic mass is 19.4. The van der Waals surface area contributed by atoms with Crippen molar-refractivity contribution in [3.8, 4) is 5.69 Å². The van der Waals surface area contributed by atoms with Crippen LogP contribution < -0.4 is 0 Å². The number of hydrogen-bond acceptors (Lipinski definition) is 3. The lowest BCUT2D eigenvalue weighted by molar-refractivity contribution is -0.142. The number of benzene rings is 1. The van der Waals surface area contributed by atoms with E-state index in [1.54, 1.807) is 4.90 Å². The average molecular weight is 424 g/mol. The molecule has 1 saturated heterocycles. The van der Waals surface area contributed by atoms with E-state index < -0.39 is 17.7 Å². The lowest BCUT2D eigenvalue weighted by Gasteiger charge is -2.27. The van der Waals surface area contributed by atoms with Gasteiger partial charge < -0.3 is 9.80 Å². The number of likely N-dealkylation sites (tertiary alicyclic amines) is 1. The highest BCUT2D eigenvalue weighted by molar-refractivity contribution is 5.78. The van der Waals surface area contributed by atoms with Gasteiger partial charge in [-0.15, -0.1) is 0 Å². The van der Waals surface area contributed by atoms with Gasteiger partial charge in [0.05, 0.1) is 17.9 Å². The van der Waals surface area contributed by atoms with Gasteiger partial charge in [0.25, 0.3) is 0 Å². The standard InChI is InChI=1S/C20H20F4N4O2/c1-12(29)26-8-6-15-17(11-26)28(25-19(15)20(22,23)24)14-5-4-13(16(21)9-14)10-27-7-2-3-18(27)30/h4-5,9H,2-3,6-8,10-11H2,1H3. The summed E-state index contributed by atoms with van der Waals surface area (Å²) in [5.41, 5.74) is -0.316. The van der Waals surface area contributed by atoms with Gasteiger partial charge in [0, 0.05) is 44.1 Å². The highest BCUT2D eigenvalue weighted by Crippen LogP contribution is 2.36. The first-order valence-electron chi connectivity index (χ1n) is 9.65. The first kappa shape index (κ1) is 20.4. The Morgan fingerprint density at radius 2 is 1.97 bits per heavy atom. The zero-order valence-corrected chi connectivity index (χ0v) is 16.3. The first-order chi connectivity index (χ1) is 14.1. The highest BCUT2D eigenvalue weighted by Gasteiger charge is 2.41. The first-order valence-corrected chi connectivity index (χ1v) is 9.65. The molecular weight excluding hydrogens is 404 g/mol. The molecule has 0 atom stereocenters. The molecule has 1 aromatic carbocycles. The molecule has 2 aromatic rings. The summed E-state index contributed by atoms with van der Waals surface area (Å²) < 4.78 is 56.3. The third-order valence-corrected chi connectivity index (χ3v) is 5.59. The second-order valence-corrected chi connectivity index (χ2v) is 7.57. The zero-order valence-electron chi connectivity index (χ0n) is 16.3. The molecule has 6 nitrogen and oxygen atoms in total. The number of hydrogen-bond donors (Lipinski definition) is 0. The lowest BCUT2D eigenvalue weighted by Crippen LogP contribution is -2.35. The van der Waals surface area contributed by atoms with Crippen molar-refractivity contribution in [2.75, 3.05) is 13.1 Å². The minimum Gasteiger partial charge on any atom is -0.338 e. The second kappa shape index (κ2) is 7.41. The van der Waals surface area contributed by atoms with E-state index in [1.807, 2.05) is 0 Å². The van der Waals surface area contributed by atoms with Gasteiger partial charge in [-0.1, -0.05) is 6.07 Å². The van der Waals surface area contributed by atoms with Gasteiger partial charge in [-0.2, -0.15) is 18.3 Å². The quantitative estimate of drug-likeness (QED) is 0.712. The largest absolute Gasteiger partial charge is 0.435 e. The maximum Gasteiger partial charge on any atom is 0.435 e. The number of carbonyl (C=O) groups excluding carboxylic acids is 2. The molecule has 2 amide bonds. The smallest absolute Gasteiger partial charge is 0.338 e. The normalized spacial score (nSPS) is 16.9. The van der Waals surface area contributed by atoms with Gasteiger partial charge >= 0.3 is 6.18 Å². The van der Waals surface area contributed by atoms with Crippen LogP contribution in [0.2, 0.25) is 0 Å². The summed E-state index contributed by atoms with van der Waals surface area (Å²) in [5.74, 6) is -0.915. The number of aromatic nitrogens is 2. The Labute approximate surface area is 170 Å². The molecule has 0 N–H and O–H groups in total. The Morgan fingerprint density at radius 1 is 1.20 bits per heavy atom. The van der Waals surface area contributed by atoms with Crippen molar-refractivity contribution in [2.45, 2.75) is 45.5 Å². The maximum atomic E-state index is 14.7. The molecule has 30 heavy (non-hydrogen) atoms. The maximum absolute atomic E-state index is 14.7. The molecule has 2 aliphatic rings. The Hall–Kier alpha value is -2.91. The molecule has 0 aliphatic carbocycles. The number of rotatable bonds is 3. The van der Waals surface area contributed by atoms with Gasteiger partial charge in [-0.05, 0) is 25.0 Å². The Balaban J connectivity index is 1.71. The summed E-state index contributed by atoms with van der Waals surface area (Å²) in [6, 6.07) is 4.07. The minimum atomic E-state index is -4.65. The van der Waals surface area contributed by atoms with E-state index in [0.717, 1.165) is 17.2 Å². The second-order valence-electron chi connectivity index (χ2n) is 7.57. The molecular formula is C20H20F4N4O2. The molecule has 3 heterocycles. The van der Waals surface area contributed by atoms with Crippen LogP contribution in [0.4, 0.5) is 17.6 Å². The number of nitrogens with zero attached hydrogens (tertiary/aromatic N) is 4. The fourth-order valence-corrected chi connectivity index (χ4v) is 4.00. The molecule has 2 aliphatic heterocycles. The Bertz CT molecular complexity index is 1010. The molecule has 160 valence electrons. The van der Waals surface area contributed by atoms with Crippen molar-refractivity contribution in [2.24, 2.45) is 0 Å². The molecule has 1 aromatic heterocycles. The average Bonchev–Trinajstić information content (AvgIpc) is 3.26. The number of fused-ring (bicyclic) bond motifs is 1. The summed E-state index contributed by atoms with van der Waals surface area (Å²) >= 11 is 0. The van der Waals surface area contributed by atoms with Gasteiger partial charge in [0.2, 0.25) is 11.8 Å². The van der Waals surface area contributed by atoms with Crippen LogP contribution >= 0.6 is 0 Å². The van der Waals surface area contributed by atoms with Crippen molar-refractivity contribution >= 4 is 11.8 Å². The summed E-state index contributed by atoms with van der Waals surface area (Å²) in [5, 5.41) is 3.74. The predicted molar refractivity (Wildman–Crippen MR) is 98.0 cm³/mol. The van der Waals surface area contributed by atoms with Crippen molar-refractivity contribution < 1.29 is 27.2 Å². The third-order valence-electron chi connectivity index (χ3n) is 5.59. The van der Waals surface area contributed by atoms with Crippen LogP contribution in [0.3, 0.4) is 0 Å². The molecule has 10 heteroatoms. The fourth-order valence-electron chi connectivity index (χ4n) is 4.00. The van der Waals surface area contributed by atoms with E-state index in [9.17, 15) is 27.2 Å². The number of carbonyl (C=O) groups is 2.